The lowest BCUT2D eigenvalue weighted by atomic mass is 9.72. The third-order valence-corrected chi connectivity index (χ3v) is 6.54. The molecule has 3 heteroatoms. The SMILES string of the molecule is COC(=O)c1ccc(/C=C/c2ccc3c(c2)C(c2ccc4[nH]ccc4c2)=CCC3(C)C)cc1. The summed E-state index contributed by atoms with van der Waals surface area (Å²) in [6.45, 7) is 4.62. The molecule has 1 N–H and O–H groups in total. The lowest BCUT2D eigenvalue weighted by molar-refractivity contribution is 0.0600. The van der Waals surface area contributed by atoms with E-state index in [1.165, 1.54) is 34.8 Å². The molecule has 0 aliphatic heterocycles. The smallest absolute Gasteiger partial charge is 0.337 e. The molecule has 0 unspecified atom stereocenters. The zero-order valence-electron chi connectivity index (χ0n) is 19.2. The fourth-order valence-corrected chi connectivity index (χ4v) is 4.59. The van der Waals surface area contributed by atoms with Crippen molar-refractivity contribution in [1.29, 1.82) is 0 Å². The van der Waals surface area contributed by atoms with Gasteiger partial charge in [-0.2, -0.15) is 0 Å². The second kappa shape index (κ2) is 8.25. The van der Waals surface area contributed by atoms with E-state index in [1.54, 1.807) is 12.1 Å². The van der Waals surface area contributed by atoms with Gasteiger partial charge in [0.05, 0.1) is 12.7 Å². The number of rotatable bonds is 4. The Morgan fingerprint density at radius 1 is 0.939 bits per heavy atom. The molecular weight excluding hydrogens is 406 g/mol. The molecule has 0 amide bonds. The van der Waals surface area contributed by atoms with Gasteiger partial charge in [-0.05, 0) is 87.0 Å². The number of esters is 1. The molecular formula is C30H27NO2. The van der Waals surface area contributed by atoms with Gasteiger partial charge in [0.15, 0.2) is 0 Å². The van der Waals surface area contributed by atoms with E-state index in [4.69, 9.17) is 4.74 Å². The average molecular weight is 434 g/mol. The Bertz CT molecular complexity index is 1400. The maximum Gasteiger partial charge on any atom is 0.337 e. The van der Waals surface area contributed by atoms with Crippen LogP contribution < -0.4 is 0 Å². The Balaban J connectivity index is 1.50. The molecule has 0 radical (unpaired) electrons. The number of nitrogens with one attached hydrogen (secondary N) is 1. The van der Waals surface area contributed by atoms with Gasteiger partial charge in [-0.3, -0.25) is 0 Å². The minimum absolute atomic E-state index is 0.100. The molecule has 1 heterocycles. The summed E-state index contributed by atoms with van der Waals surface area (Å²) in [6, 6.07) is 23.0. The molecule has 1 aliphatic rings. The summed E-state index contributed by atoms with van der Waals surface area (Å²) in [5.41, 5.74) is 9.22. The predicted octanol–water partition coefficient (Wildman–Crippen LogP) is 7.24. The maximum atomic E-state index is 11.7. The summed E-state index contributed by atoms with van der Waals surface area (Å²) in [4.78, 5) is 14.9. The molecule has 0 saturated heterocycles. The van der Waals surface area contributed by atoms with Gasteiger partial charge in [0.25, 0.3) is 0 Å². The van der Waals surface area contributed by atoms with Crippen molar-refractivity contribution in [2.45, 2.75) is 25.7 Å². The van der Waals surface area contributed by atoms with E-state index in [0.29, 0.717) is 5.56 Å². The fraction of sp³-hybridized carbons (Fsp3) is 0.167. The van der Waals surface area contributed by atoms with Crippen molar-refractivity contribution in [3.05, 3.63) is 112 Å². The van der Waals surface area contributed by atoms with Crippen molar-refractivity contribution < 1.29 is 9.53 Å². The molecule has 164 valence electrons. The number of H-pyrrole nitrogens is 1. The van der Waals surface area contributed by atoms with Crippen LogP contribution in [0.15, 0.2) is 79.0 Å². The van der Waals surface area contributed by atoms with Crippen molar-refractivity contribution in [1.82, 2.24) is 4.98 Å². The number of hydrogen-bond donors (Lipinski definition) is 1. The average Bonchev–Trinajstić information content (AvgIpc) is 3.30. The number of fused-ring (bicyclic) bond motifs is 2. The standard InChI is InChI=1S/C30H27NO2/c1-30(2)16-14-25(23-11-13-28-24(19-23)15-17-31-28)26-18-21(8-12-27(26)30)5-4-20-6-9-22(10-7-20)29(32)33-3/h4-15,17-19,31H,16H2,1-3H3/b5-4+. The Morgan fingerprint density at radius 2 is 1.70 bits per heavy atom. The third kappa shape index (κ3) is 4.03. The van der Waals surface area contributed by atoms with Gasteiger partial charge in [-0.25, -0.2) is 4.79 Å². The van der Waals surface area contributed by atoms with Gasteiger partial charge >= 0.3 is 5.97 Å². The molecule has 4 aromatic rings. The lowest BCUT2D eigenvalue weighted by Crippen LogP contribution is -2.21. The Labute approximate surface area is 194 Å². The number of methoxy groups -OCH3 is 1. The van der Waals surface area contributed by atoms with Crippen LogP contribution in [-0.2, 0) is 10.2 Å². The zero-order valence-corrected chi connectivity index (χ0v) is 19.2. The first-order valence-electron chi connectivity index (χ1n) is 11.2. The van der Waals surface area contributed by atoms with Crippen LogP contribution in [0.2, 0.25) is 0 Å². The second-order valence-electron chi connectivity index (χ2n) is 9.24. The number of carbonyl (C=O) groups excluding carboxylic acids is 1. The van der Waals surface area contributed by atoms with E-state index in [9.17, 15) is 4.79 Å². The highest BCUT2D eigenvalue weighted by molar-refractivity contribution is 5.91. The van der Waals surface area contributed by atoms with Crippen LogP contribution in [0.3, 0.4) is 0 Å². The van der Waals surface area contributed by atoms with Crippen LogP contribution in [0.4, 0.5) is 0 Å². The maximum absolute atomic E-state index is 11.7. The van der Waals surface area contributed by atoms with E-state index in [-0.39, 0.29) is 11.4 Å². The second-order valence-corrected chi connectivity index (χ2v) is 9.24. The van der Waals surface area contributed by atoms with Crippen LogP contribution >= 0.6 is 0 Å². The normalized spacial score (nSPS) is 14.8. The molecule has 1 aromatic heterocycles. The minimum Gasteiger partial charge on any atom is -0.465 e. The first-order chi connectivity index (χ1) is 15.9. The van der Waals surface area contributed by atoms with Gasteiger partial charge in [-0.15, -0.1) is 0 Å². The summed E-state index contributed by atoms with van der Waals surface area (Å²) in [6.07, 6.45) is 9.59. The van der Waals surface area contributed by atoms with Gasteiger partial charge < -0.3 is 9.72 Å². The quantitative estimate of drug-likeness (QED) is 0.272. The number of ether oxygens (including phenoxy) is 1. The van der Waals surface area contributed by atoms with Gasteiger partial charge in [0.2, 0.25) is 0 Å². The first-order valence-corrected chi connectivity index (χ1v) is 11.2. The van der Waals surface area contributed by atoms with E-state index < -0.39 is 0 Å². The molecule has 1 aliphatic carbocycles. The van der Waals surface area contributed by atoms with Crippen LogP contribution in [0.5, 0.6) is 0 Å². The summed E-state index contributed by atoms with van der Waals surface area (Å²) in [5, 5.41) is 1.23. The molecule has 0 spiro atoms. The number of benzene rings is 3. The molecule has 0 atom stereocenters. The largest absolute Gasteiger partial charge is 0.465 e. The van der Waals surface area contributed by atoms with Gasteiger partial charge in [0, 0.05) is 11.7 Å². The number of hydrogen-bond acceptors (Lipinski definition) is 2. The zero-order chi connectivity index (χ0) is 23.0. The number of aromatic amines is 1. The molecule has 0 fully saturated rings. The van der Waals surface area contributed by atoms with Crippen LogP contribution in [0.1, 0.15) is 58.4 Å². The fourth-order valence-electron chi connectivity index (χ4n) is 4.59. The lowest BCUT2D eigenvalue weighted by Gasteiger charge is -2.32. The number of allylic oxidation sites excluding steroid dienone is 1. The van der Waals surface area contributed by atoms with Gasteiger partial charge in [-0.1, -0.05) is 62.4 Å². The summed E-state index contributed by atoms with van der Waals surface area (Å²) in [5.74, 6) is -0.319. The van der Waals surface area contributed by atoms with E-state index in [2.05, 4.69) is 79.5 Å². The topological polar surface area (TPSA) is 42.1 Å². The van der Waals surface area contributed by atoms with E-state index >= 15 is 0 Å². The molecule has 3 aromatic carbocycles. The molecule has 33 heavy (non-hydrogen) atoms. The molecule has 5 rings (SSSR count). The van der Waals surface area contributed by atoms with Crippen molar-refractivity contribution in [2.75, 3.05) is 7.11 Å². The van der Waals surface area contributed by atoms with Gasteiger partial charge in [0.1, 0.15) is 0 Å². The van der Waals surface area contributed by atoms with Crippen molar-refractivity contribution in [3.63, 3.8) is 0 Å². The molecule has 3 nitrogen and oxygen atoms in total. The highest BCUT2D eigenvalue weighted by Gasteiger charge is 2.28. The van der Waals surface area contributed by atoms with Crippen molar-refractivity contribution in [3.8, 4) is 0 Å². The number of aromatic nitrogens is 1. The minimum atomic E-state index is -0.319. The van der Waals surface area contributed by atoms with Crippen LogP contribution in [-0.4, -0.2) is 18.1 Å². The third-order valence-electron chi connectivity index (χ3n) is 6.54. The first kappa shape index (κ1) is 21.0. The summed E-state index contributed by atoms with van der Waals surface area (Å²) < 4.78 is 4.78. The summed E-state index contributed by atoms with van der Waals surface area (Å²) >= 11 is 0. The van der Waals surface area contributed by atoms with E-state index in [1.807, 2.05) is 18.3 Å². The highest BCUT2D eigenvalue weighted by Crippen LogP contribution is 2.42. The van der Waals surface area contributed by atoms with Crippen LogP contribution in [0.25, 0.3) is 28.6 Å². The highest BCUT2D eigenvalue weighted by atomic mass is 16.5. The molecule has 0 saturated carbocycles. The predicted molar refractivity (Wildman–Crippen MR) is 136 cm³/mol. The van der Waals surface area contributed by atoms with Crippen LogP contribution in [0, 0.1) is 0 Å². The Kier molecular flexibility index (Phi) is 5.26. The number of carbonyl (C=O) groups is 1. The van der Waals surface area contributed by atoms with Crippen molar-refractivity contribution >= 4 is 34.6 Å². The van der Waals surface area contributed by atoms with E-state index in [0.717, 1.165) is 23.1 Å². The molecule has 0 bridgehead atoms. The summed E-state index contributed by atoms with van der Waals surface area (Å²) in [7, 11) is 1.40. The monoisotopic (exact) mass is 433 g/mol. The van der Waals surface area contributed by atoms with Crippen molar-refractivity contribution in [2.24, 2.45) is 0 Å². The Hall–Kier alpha value is -3.85. The Morgan fingerprint density at radius 3 is 2.48 bits per heavy atom.